The van der Waals surface area contributed by atoms with Crippen molar-refractivity contribution in [3.05, 3.63) is 32.5 Å². The fraction of sp³-hybridized carbons (Fsp3) is 0.556. The van der Waals surface area contributed by atoms with Crippen molar-refractivity contribution in [2.45, 2.75) is 45.8 Å². The summed E-state index contributed by atoms with van der Waals surface area (Å²) < 4.78 is 3.71. The Balaban J connectivity index is 2.32. The topological polar surface area (TPSA) is 128 Å². The number of hydrogen-bond acceptors (Lipinski definition) is 6. The summed E-state index contributed by atoms with van der Waals surface area (Å²) in [6, 6.07) is -0.00508. The highest BCUT2D eigenvalue weighted by atomic mass is 16.4. The van der Waals surface area contributed by atoms with Crippen LogP contribution in [0.15, 0.2) is 21.2 Å². The van der Waals surface area contributed by atoms with E-state index in [0.29, 0.717) is 19.0 Å². The molecule has 10 nitrogen and oxygen atoms in total. The van der Waals surface area contributed by atoms with Crippen molar-refractivity contribution in [2.75, 3.05) is 18.0 Å². The van der Waals surface area contributed by atoms with E-state index >= 15 is 0 Å². The van der Waals surface area contributed by atoms with Gasteiger partial charge in [-0.25, -0.2) is 4.79 Å². The fourth-order valence-electron chi connectivity index (χ4n) is 3.50. The van der Waals surface area contributed by atoms with Crippen molar-refractivity contribution in [3.8, 4) is 0 Å². The predicted molar refractivity (Wildman–Crippen MR) is 106 cm³/mol. The molecule has 1 atom stereocenters. The number of hydrogen-bond donors (Lipinski definition) is 2. The van der Waals surface area contributed by atoms with Gasteiger partial charge < -0.3 is 20.3 Å². The average molecular weight is 390 g/mol. The van der Waals surface area contributed by atoms with Crippen LogP contribution in [-0.4, -0.2) is 48.9 Å². The minimum Gasteiger partial charge on any atom is -0.480 e. The number of carbonyl (C=O) groups is 1. The van der Waals surface area contributed by atoms with Crippen molar-refractivity contribution in [1.82, 2.24) is 18.7 Å². The summed E-state index contributed by atoms with van der Waals surface area (Å²) in [7, 11) is 1.34. The van der Waals surface area contributed by atoms with Crippen LogP contribution >= 0.6 is 0 Å². The molecule has 0 saturated carbocycles. The normalized spacial score (nSPS) is 17.1. The molecule has 152 valence electrons. The van der Waals surface area contributed by atoms with Gasteiger partial charge >= 0.3 is 11.7 Å². The first-order chi connectivity index (χ1) is 13.2. The summed E-state index contributed by atoms with van der Waals surface area (Å²) in [6.07, 6.45) is 3.77. The molecule has 1 aliphatic rings. The molecular weight excluding hydrogens is 364 g/mol. The van der Waals surface area contributed by atoms with Crippen molar-refractivity contribution in [1.29, 1.82) is 0 Å². The molecule has 0 bridgehead atoms. The fourth-order valence-corrected chi connectivity index (χ4v) is 3.50. The van der Waals surface area contributed by atoms with Gasteiger partial charge in [0.15, 0.2) is 11.2 Å². The predicted octanol–water partition coefficient (Wildman–Crippen LogP) is -0.125. The molecule has 0 aromatic carbocycles. The second kappa shape index (κ2) is 7.63. The van der Waals surface area contributed by atoms with Gasteiger partial charge in [0.2, 0.25) is 5.95 Å². The maximum absolute atomic E-state index is 12.9. The first kappa shape index (κ1) is 19.9. The zero-order chi connectivity index (χ0) is 20.6. The van der Waals surface area contributed by atoms with Gasteiger partial charge in [-0.1, -0.05) is 11.6 Å². The van der Waals surface area contributed by atoms with Gasteiger partial charge in [0, 0.05) is 32.7 Å². The Bertz CT molecular complexity index is 1060. The smallest absolute Gasteiger partial charge is 0.333 e. The molecule has 10 heteroatoms. The SMILES string of the molecule is CC(C)=CCn1c(N2CCCC(N)C2)nc2c1c(=O)n(C)c(=O)n2CC(=O)O. The first-order valence-corrected chi connectivity index (χ1v) is 9.26. The Hall–Kier alpha value is -2.88. The number of anilines is 1. The lowest BCUT2D eigenvalue weighted by molar-refractivity contribution is -0.137. The Kier molecular flexibility index (Phi) is 5.41. The maximum atomic E-state index is 12.9. The quantitative estimate of drug-likeness (QED) is 0.681. The molecule has 0 radical (unpaired) electrons. The average Bonchev–Trinajstić information content (AvgIpc) is 3.01. The number of nitrogens with zero attached hydrogens (tertiary/aromatic N) is 5. The minimum absolute atomic E-state index is 0.00508. The highest BCUT2D eigenvalue weighted by molar-refractivity contribution is 5.77. The monoisotopic (exact) mass is 390 g/mol. The molecule has 2 aromatic heterocycles. The second-order valence-corrected chi connectivity index (χ2v) is 7.45. The van der Waals surface area contributed by atoms with Crippen LogP contribution in [0.1, 0.15) is 26.7 Å². The molecule has 1 saturated heterocycles. The van der Waals surface area contributed by atoms with Crippen LogP contribution in [0.25, 0.3) is 11.2 Å². The van der Waals surface area contributed by atoms with E-state index < -0.39 is 23.8 Å². The lowest BCUT2D eigenvalue weighted by Gasteiger charge is -2.31. The number of piperidine rings is 1. The zero-order valence-corrected chi connectivity index (χ0v) is 16.4. The van der Waals surface area contributed by atoms with Gasteiger partial charge in [-0.2, -0.15) is 4.98 Å². The largest absolute Gasteiger partial charge is 0.480 e. The highest BCUT2D eigenvalue weighted by Crippen LogP contribution is 2.23. The summed E-state index contributed by atoms with van der Waals surface area (Å²) in [4.78, 5) is 43.3. The molecule has 1 aliphatic heterocycles. The van der Waals surface area contributed by atoms with E-state index in [4.69, 9.17) is 5.73 Å². The van der Waals surface area contributed by atoms with E-state index in [9.17, 15) is 19.5 Å². The number of imidazole rings is 1. The Morgan fingerprint density at radius 2 is 2.04 bits per heavy atom. The standard InChI is InChI=1S/C18H26N6O4/c1-11(2)6-8-23-14-15(20-17(23)22-7-4-5-12(19)9-22)24(10-13(25)26)18(28)21(3)16(14)27/h6,12H,4-5,7-10,19H2,1-3H3,(H,25,26). The van der Waals surface area contributed by atoms with Crippen molar-refractivity contribution in [2.24, 2.45) is 12.8 Å². The number of nitrogens with two attached hydrogens (primary N) is 1. The molecule has 3 rings (SSSR count). The van der Waals surface area contributed by atoms with Crippen LogP contribution in [0, 0.1) is 0 Å². The molecular formula is C18H26N6O4. The summed E-state index contributed by atoms with van der Waals surface area (Å²) in [6.45, 7) is 5.04. The molecule has 2 aromatic rings. The summed E-state index contributed by atoms with van der Waals surface area (Å²) in [5.41, 5.74) is 6.29. The van der Waals surface area contributed by atoms with Crippen LogP contribution in [0.3, 0.4) is 0 Å². The molecule has 0 spiro atoms. The number of carboxylic acids is 1. The third-order valence-electron chi connectivity index (χ3n) is 4.93. The number of allylic oxidation sites excluding steroid dienone is 2. The van der Waals surface area contributed by atoms with E-state index in [1.807, 2.05) is 24.8 Å². The molecule has 0 amide bonds. The van der Waals surface area contributed by atoms with E-state index in [0.717, 1.165) is 34.1 Å². The van der Waals surface area contributed by atoms with E-state index in [-0.39, 0.29) is 17.2 Å². The Morgan fingerprint density at radius 3 is 2.64 bits per heavy atom. The lowest BCUT2D eigenvalue weighted by atomic mass is 10.1. The molecule has 3 N–H and O–H groups in total. The zero-order valence-electron chi connectivity index (χ0n) is 16.4. The lowest BCUT2D eigenvalue weighted by Crippen LogP contribution is -2.44. The molecule has 3 heterocycles. The number of aliphatic carboxylic acids is 1. The Morgan fingerprint density at radius 1 is 1.32 bits per heavy atom. The van der Waals surface area contributed by atoms with E-state index in [2.05, 4.69) is 4.98 Å². The van der Waals surface area contributed by atoms with Gasteiger partial charge in [-0.05, 0) is 26.7 Å². The second-order valence-electron chi connectivity index (χ2n) is 7.45. The number of aromatic nitrogens is 4. The molecule has 0 aliphatic carbocycles. The maximum Gasteiger partial charge on any atom is 0.333 e. The first-order valence-electron chi connectivity index (χ1n) is 9.26. The van der Waals surface area contributed by atoms with Crippen LogP contribution in [0.5, 0.6) is 0 Å². The number of carboxylic acid groups (broad SMARTS) is 1. The van der Waals surface area contributed by atoms with Gasteiger partial charge in [0.05, 0.1) is 0 Å². The van der Waals surface area contributed by atoms with Gasteiger partial charge in [0.25, 0.3) is 5.56 Å². The third kappa shape index (κ3) is 3.59. The van der Waals surface area contributed by atoms with Gasteiger partial charge in [0.1, 0.15) is 6.54 Å². The van der Waals surface area contributed by atoms with Crippen LogP contribution in [-0.2, 0) is 24.9 Å². The van der Waals surface area contributed by atoms with E-state index in [1.165, 1.54) is 7.05 Å². The molecule has 1 unspecified atom stereocenters. The van der Waals surface area contributed by atoms with Crippen LogP contribution in [0.4, 0.5) is 5.95 Å². The van der Waals surface area contributed by atoms with Crippen molar-refractivity contribution >= 4 is 23.1 Å². The summed E-state index contributed by atoms with van der Waals surface area (Å²) in [5.74, 6) is -0.646. The van der Waals surface area contributed by atoms with Gasteiger partial charge in [-0.3, -0.25) is 18.7 Å². The van der Waals surface area contributed by atoms with Gasteiger partial charge in [-0.15, -0.1) is 0 Å². The minimum atomic E-state index is -1.18. The summed E-state index contributed by atoms with van der Waals surface area (Å²) in [5, 5.41) is 9.23. The summed E-state index contributed by atoms with van der Waals surface area (Å²) >= 11 is 0. The highest BCUT2D eigenvalue weighted by Gasteiger charge is 2.26. The Labute approximate surface area is 161 Å². The van der Waals surface area contributed by atoms with E-state index in [1.54, 1.807) is 4.57 Å². The number of fused-ring (bicyclic) bond motifs is 1. The number of rotatable bonds is 5. The van der Waals surface area contributed by atoms with Crippen molar-refractivity contribution < 1.29 is 9.90 Å². The van der Waals surface area contributed by atoms with Crippen molar-refractivity contribution in [3.63, 3.8) is 0 Å². The molecule has 28 heavy (non-hydrogen) atoms. The third-order valence-corrected chi connectivity index (χ3v) is 4.93. The molecule has 1 fully saturated rings. The van der Waals surface area contributed by atoms with Crippen LogP contribution < -0.4 is 21.9 Å². The van der Waals surface area contributed by atoms with Crippen LogP contribution in [0.2, 0.25) is 0 Å².